The van der Waals surface area contributed by atoms with E-state index in [0.29, 0.717) is 0 Å². The van der Waals surface area contributed by atoms with Gasteiger partial charge in [0.2, 0.25) is 0 Å². The van der Waals surface area contributed by atoms with E-state index in [1.807, 2.05) is 4.90 Å². The summed E-state index contributed by atoms with van der Waals surface area (Å²) in [5, 5.41) is 0. The maximum absolute atomic E-state index is 14.5. The van der Waals surface area contributed by atoms with Crippen LogP contribution in [0, 0.1) is 23.7 Å². The second-order valence-corrected chi connectivity index (χ2v) is 12.7. The number of rotatable bonds is 6. The fourth-order valence-electron chi connectivity index (χ4n) is 8.92. The van der Waals surface area contributed by atoms with Gasteiger partial charge in [-0.1, -0.05) is 77.0 Å². The van der Waals surface area contributed by atoms with Crippen molar-refractivity contribution in [3.63, 3.8) is 0 Å². The first-order chi connectivity index (χ1) is 17.0. The lowest BCUT2D eigenvalue weighted by Gasteiger charge is -2.53. The van der Waals surface area contributed by atoms with Crippen molar-refractivity contribution in [2.75, 3.05) is 6.54 Å². The molecule has 0 bridgehead atoms. The van der Waals surface area contributed by atoms with Gasteiger partial charge in [-0.25, -0.2) is 9.69 Å². The highest BCUT2D eigenvalue weighted by Crippen LogP contribution is 2.48. The summed E-state index contributed by atoms with van der Waals surface area (Å²) in [5.41, 5.74) is 13.3. The first kappa shape index (κ1) is 25.5. The summed E-state index contributed by atoms with van der Waals surface area (Å²) in [4.78, 5) is 31.8. The summed E-state index contributed by atoms with van der Waals surface area (Å²) < 4.78 is 0. The van der Waals surface area contributed by atoms with Crippen molar-refractivity contribution in [3.8, 4) is 0 Å². The number of hydrogen-bond acceptors (Lipinski definition) is 4. The number of carbonyl (C=O) groups excluding carboxylic acids is 2. The van der Waals surface area contributed by atoms with Gasteiger partial charge in [0.05, 0.1) is 5.66 Å². The molecule has 5 fully saturated rings. The molecule has 5 rings (SSSR count). The van der Waals surface area contributed by atoms with Crippen LogP contribution >= 0.6 is 0 Å². The fraction of sp³-hybridized carbons (Fsp3) is 0.931. The second kappa shape index (κ2) is 10.7. The predicted molar refractivity (Wildman–Crippen MR) is 139 cm³/mol. The van der Waals surface area contributed by atoms with E-state index in [0.717, 1.165) is 77.0 Å². The molecule has 0 aromatic carbocycles. The second-order valence-electron chi connectivity index (χ2n) is 12.7. The summed E-state index contributed by atoms with van der Waals surface area (Å²) in [6.07, 6.45) is 22.7. The van der Waals surface area contributed by atoms with Crippen molar-refractivity contribution >= 4 is 11.9 Å². The third-order valence-corrected chi connectivity index (χ3v) is 10.9. The van der Waals surface area contributed by atoms with Gasteiger partial charge in [-0.2, -0.15) is 0 Å². The Hall–Kier alpha value is -1.14. The number of nitrogens with two attached hydrogens (primary N) is 2. The van der Waals surface area contributed by atoms with E-state index in [-0.39, 0.29) is 42.2 Å². The Balaban J connectivity index is 1.49. The maximum Gasteiger partial charge on any atom is 0.330 e. The van der Waals surface area contributed by atoms with Crippen LogP contribution in [0.15, 0.2) is 0 Å². The lowest BCUT2D eigenvalue weighted by molar-refractivity contribution is -0.135. The van der Waals surface area contributed by atoms with E-state index in [2.05, 4.69) is 0 Å². The Labute approximate surface area is 212 Å². The molecule has 0 spiro atoms. The van der Waals surface area contributed by atoms with Gasteiger partial charge in [0.1, 0.15) is 12.2 Å². The van der Waals surface area contributed by atoms with Gasteiger partial charge in [0, 0.05) is 0 Å². The molecule has 1 saturated heterocycles. The number of hydrogen-bond donors (Lipinski definition) is 2. The van der Waals surface area contributed by atoms with Crippen LogP contribution in [0.4, 0.5) is 4.79 Å². The van der Waals surface area contributed by atoms with Crippen molar-refractivity contribution in [2.45, 2.75) is 140 Å². The molecular weight excluding hydrogens is 436 g/mol. The van der Waals surface area contributed by atoms with E-state index < -0.39 is 11.3 Å². The Morgan fingerprint density at radius 1 is 0.514 bits per heavy atom. The number of carbonyl (C=O) groups is 2. The first-order valence-corrected chi connectivity index (χ1v) is 15.2. The lowest BCUT2D eigenvalue weighted by atomic mass is 9.68. The van der Waals surface area contributed by atoms with Gasteiger partial charge < -0.3 is 11.5 Å². The molecule has 35 heavy (non-hydrogen) atoms. The van der Waals surface area contributed by atoms with E-state index in [1.165, 1.54) is 51.4 Å². The topological polar surface area (TPSA) is 92.7 Å². The van der Waals surface area contributed by atoms with Crippen molar-refractivity contribution < 1.29 is 9.59 Å². The number of nitrogens with zero attached hydrogens (tertiary/aromatic N) is 2. The van der Waals surface area contributed by atoms with E-state index in [9.17, 15) is 9.59 Å². The highest BCUT2D eigenvalue weighted by Gasteiger charge is 2.60. The molecule has 198 valence electrons. The monoisotopic (exact) mass is 486 g/mol. The minimum absolute atomic E-state index is 0.0879. The quantitative estimate of drug-likeness (QED) is 0.458. The average molecular weight is 487 g/mol. The predicted octanol–water partition coefficient (Wildman–Crippen LogP) is 5.88. The van der Waals surface area contributed by atoms with Crippen LogP contribution in [-0.4, -0.2) is 39.6 Å². The standard InChI is InChI=1S/C29H50N4O2/c30-28(22-13-5-1-6-14-22,23-15-7-2-8-16-23)32-21-26(34)33(27(32)35)29(31,24-17-9-3-10-18-24)25-19-11-4-12-20-25/h22-25H,1-21,30-31H2. The first-order valence-electron chi connectivity index (χ1n) is 15.2. The zero-order valence-electron chi connectivity index (χ0n) is 22.0. The van der Waals surface area contributed by atoms with Gasteiger partial charge in [-0.3, -0.25) is 9.69 Å². The Bertz CT molecular complexity index is 710. The third kappa shape index (κ3) is 4.56. The number of urea groups is 1. The Morgan fingerprint density at radius 3 is 1.17 bits per heavy atom. The smallest absolute Gasteiger partial charge is 0.308 e. The summed E-state index contributed by atoms with van der Waals surface area (Å²) in [6.45, 7) is 0.126. The molecule has 0 aromatic heterocycles. The van der Waals surface area contributed by atoms with Crippen LogP contribution in [0.5, 0.6) is 0 Å². The highest BCUT2D eigenvalue weighted by molar-refractivity contribution is 6.03. The molecule has 4 N–H and O–H groups in total. The van der Waals surface area contributed by atoms with Crippen molar-refractivity contribution in [3.05, 3.63) is 0 Å². The van der Waals surface area contributed by atoms with Crippen LogP contribution < -0.4 is 11.5 Å². The van der Waals surface area contributed by atoms with Gasteiger partial charge in [-0.05, 0) is 75.0 Å². The number of amides is 3. The van der Waals surface area contributed by atoms with E-state index in [1.54, 1.807) is 4.90 Å². The molecule has 0 atom stereocenters. The van der Waals surface area contributed by atoms with E-state index in [4.69, 9.17) is 11.5 Å². The zero-order valence-corrected chi connectivity index (χ0v) is 22.0. The minimum Gasteiger partial charge on any atom is -0.308 e. The molecule has 1 aliphatic heterocycles. The third-order valence-electron chi connectivity index (χ3n) is 10.9. The molecule has 5 aliphatic rings. The van der Waals surface area contributed by atoms with Gasteiger partial charge in [0.25, 0.3) is 5.91 Å². The maximum atomic E-state index is 14.5. The summed E-state index contributed by atoms with van der Waals surface area (Å²) in [7, 11) is 0. The number of imide groups is 1. The van der Waals surface area contributed by atoms with Crippen LogP contribution in [0.2, 0.25) is 0 Å². The molecule has 1 heterocycles. The molecule has 6 nitrogen and oxygen atoms in total. The van der Waals surface area contributed by atoms with Gasteiger partial charge >= 0.3 is 6.03 Å². The summed E-state index contributed by atoms with van der Waals surface area (Å²) >= 11 is 0. The lowest BCUT2D eigenvalue weighted by Crippen LogP contribution is -2.70. The molecule has 0 radical (unpaired) electrons. The summed E-state index contributed by atoms with van der Waals surface area (Å²) in [6, 6.07) is -0.160. The SMILES string of the molecule is NC(C1CCCCC1)(C1CCCCC1)N1CC(=O)N(C(N)(C2CCCCC2)C2CCCCC2)C1=O. The Morgan fingerprint density at radius 2 is 0.829 bits per heavy atom. The Kier molecular flexibility index (Phi) is 7.79. The van der Waals surface area contributed by atoms with Crippen molar-refractivity contribution in [1.82, 2.24) is 9.80 Å². The van der Waals surface area contributed by atoms with Gasteiger partial charge in [0.15, 0.2) is 0 Å². The van der Waals surface area contributed by atoms with E-state index >= 15 is 0 Å². The average Bonchev–Trinajstić information content (AvgIpc) is 3.24. The normalized spacial score (nSPS) is 27.7. The van der Waals surface area contributed by atoms with Crippen LogP contribution in [0.3, 0.4) is 0 Å². The fourth-order valence-corrected chi connectivity index (χ4v) is 8.92. The molecular formula is C29H50N4O2. The van der Waals surface area contributed by atoms with Gasteiger partial charge in [-0.15, -0.1) is 0 Å². The molecule has 3 amide bonds. The molecule has 4 saturated carbocycles. The molecule has 6 heteroatoms. The molecule has 0 aromatic rings. The van der Waals surface area contributed by atoms with Crippen molar-refractivity contribution in [1.29, 1.82) is 0 Å². The minimum atomic E-state index is -0.857. The van der Waals surface area contributed by atoms with Crippen LogP contribution in [0.25, 0.3) is 0 Å². The highest BCUT2D eigenvalue weighted by atomic mass is 16.2. The molecule has 4 aliphatic carbocycles. The largest absolute Gasteiger partial charge is 0.330 e. The summed E-state index contributed by atoms with van der Waals surface area (Å²) in [5.74, 6) is 0.905. The zero-order chi connectivity index (χ0) is 24.5. The van der Waals surface area contributed by atoms with Crippen LogP contribution in [0.1, 0.15) is 128 Å². The van der Waals surface area contributed by atoms with Crippen molar-refractivity contribution in [2.24, 2.45) is 35.1 Å². The van der Waals surface area contributed by atoms with Crippen LogP contribution in [-0.2, 0) is 4.79 Å². The molecule has 0 unspecified atom stereocenters.